The van der Waals surface area contributed by atoms with Crippen LogP contribution in [-0.4, -0.2) is 22.2 Å². The standard InChI is InChI=1S/C23H17F3N4O2S/c1-14-5-6-16(21(31)28-17-3-2-4-18(12-17)32-23(24,25)26)11-19(14)29-22-30-20(13-33-22)15-7-9-27-10-8-15/h2-13H,1H3,(H,28,31)(H,29,30). The average molecular weight is 470 g/mol. The van der Waals surface area contributed by atoms with E-state index in [1.807, 2.05) is 24.4 Å². The maximum atomic E-state index is 12.7. The summed E-state index contributed by atoms with van der Waals surface area (Å²) in [5, 5.41) is 8.38. The van der Waals surface area contributed by atoms with E-state index in [9.17, 15) is 18.0 Å². The summed E-state index contributed by atoms with van der Waals surface area (Å²) in [6, 6.07) is 13.9. The van der Waals surface area contributed by atoms with Gasteiger partial charge in [-0.15, -0.1) is 24.5 Å². The first-order valence-electron chi connectivity index (χ1n) is 9.67. The fourth-order valence-corrected chi connectivity index (χ4v) is 3.71. The minimum Gasteiger partial charge on any atom is -0.406 e. The molecular weight excluding hydrogens is 453 g/mol. The Kier molecular flexibility index (Phi) is 6.27. The largest absolute Gasteiger partial charge is 0.573 e. The van der Waals surface area contributed by atoms with Crippen LogP contribution in [0.2, 0.25) is 0 Å². The Morgan fingerprint density at radius 1 is 1.06 bits per heavy atom. The number of pyridine rings is 1. The zero-order valence-corrected chi connectivity index (χ0v) is 18.0. The summed E-state index contributed by atoms with van der Waals surface area (Å²) in [6.45, 7) is 1.89. The van der Waals surface area contributed by atoms with E-state index in [0.717, 1.165) is 29.0 Å². The summed E-state index contributed by atoms with van der Waals surface area (Å²) in [5.74, 6) is -0.890. The predicted molar refractivity (Wildman–Crippen MR) is 121 cm³/mol. The van der Waals surface area contributed by atoms with Crippen molar-refractivity contribution in [3.05, 3.63) is 83.5 Å². The van der Waals surface area contributed by atoms with Crippen LogP contribution >= 0.6 is 11.3 Å². The van der Waals surface area contributed by atoms with Crippen molar-refractivity contribution in [2.75, 3.05) is 10.6 Å². The van der Waals surface area contributed by atoms with Crippen LogP contribution in [0.3, 0.4) is 0 Å². The van der Waals surface area contributed by atoms with Crippen LogP contribution in [0.15, 0.2) is 72.4 Å². The van der Waals surface area contributed by atoms with Crippen molar-refractivity contribution in [2.45, 2.75) is 13.3 Å². The number of rotatable bonds is 6. The molecule has 0 aliphatic heterocycles. The van der Waals surface area contributed by atoms with Crippen molar-refractivity contribution < 1.29 is 22.7 Å². The number of anilines is 3. The van der Waals surface area contributed by atoms with Gasteiger partial charge in [0.2, 0.25) is 0 Å². The molecule has 0 saturated carbocycles. The lowest BCUT2D eigenvalue weighted by molar-refractivity contribution is -0.274. The highest BCUT2D eigenvalue weighted by Gasteiger charge is 2.31. The van der Waals surface area contributed by atoms with Gasteiger partial charge in [0.05, 0.1) is 5.69 Å². The summed E-state index contributed by atoms with van der Waals surface area (Å²) in [4.78, 5) is 21.3. The first kappa shape index (κ1) is 22.3. The smallest absolute Gasteiger partial charge is 0.406 e. The van der Waals surface area contributed by atoms with Gasteiger partial charge in [-0.05, 0) is 48.9 Å². The normalized spacial score (nSPS) is 11.2. The lowest BCUT2D eigenvalue weighted by Crippen LogP contribution is -2.17. The molecule has 4 aromatic rings. The molecule has 168 valence electrons. The molecule has 0 unspecified atom stereocenters. The minimum atomic E-state index is -4.81. The molecule has 0 spiro atoms. The third kappa shape index (κ3) is 5.86. The second-order valence-corrected chi connectivity index (χ2v) is 7.82. The molecular formula is C23H17F3N4O2S. The number of aryl methyl sites for hydroxylation is 1. The molecule has 2 aromatic heterocycles. The summed E-state index contributed by atoms with van der Waals surface area (Å²) in [7, 11) is 0. The van der Waals surface area contributed by atoms with Crippen LogP contribution in [0.5, 0.6) is 5.75 Å². The predicted octanol–water partition coefficient (Wildman–Crippen LogP) is 6.41. The molecule has 0 bridgehead atoms. The number of hydrogen-bond donors (Lipinski definition) is 2. The number of amides is 1. The summed E-state index contributed by atoms with van der Waals surface area (Å²) >= 11 is 1.42. The Hall–Kier alpha value is -3.92. The Morgan fingerprint density at radius 3 is 2.61 bits per heavy atom. The highest BCUT2D eigenvalue weighted by molar-refractivity contribution is 7.14. The number of nitrogens with one attached hydrogen (secondary N) is 2. The minimum absolute atomic E-state index is 0.179. The van der Waals surface area contributed by atoms with Gasteiger partial charge in [0, 0.05) is 46.3 Å². The van der Waals surface area contributed by atoms with Crippen LogP contribution in [0.4, 0.5) is 29.7 Å². The third-order valence-electron chi connectivity index (χ3n) is 4.55. The van der Waals surface area contributed by atoms with E-state index in [0.29, 0.717) is 16.4 Å². The van der Waals surface area contributed by atoms with Crippen LogP contribution in [0.25, 0.3) is 11.3 Å². The molecule has 0 fully saturated rings. The van der Waals surface area contributed by atoms with Crippen molar-refractivity contribution >= 4 is 33.8 Å². The molecule has 1 amide bonds. The fourth-order valence-electron chi connectivity index (χ4n) is 2.97. The zero-order valence-electron chi connectivity index (χ0n) is 17.2. The number of hydrogen-bond acceptors (Lipinski definition) is 6. The molecule has 0 radical (unpaired) electrons. The van der Waals surface area contributed by atoms with Gasteiger partial charge in [-0.1, -0.05) is 12.1 Å². The number of alkyl halides is 3. The molecule has 10 heteroatoms. The van der Waals surface area contributed by atoms with Crippen molar-refractivity contribution in [3.63, 3.8) is 0 Å². The molecule has 2 heterocycles. The van der Waals surface area contributed by atoms with E-state index in [2.05, 4.69) is 25.3 Å². The SMILES string of the molecule is Cc1ccc(C(=O)Nc2cccc(OC(F)(F)F)c2)cc1Nc1nc(-c2ccncc2)cs1. The Balaban J connectivity index is 1.49. The second kappa shape index (κ2) is 9.29. The second-order valence-electron chi connectivity index (χ2n) is 6.96. The quantitative estimate of drug-likeness (QED) is 0.341. The van der Waals surface area contributed by atoms with E-state index in [1.54, 1.807) is 30.6 Å². The number of carbonyl (C=O) groups excluding carboxylic acids is 1. The molecule has 0 aliphatic carbocycles. The summed E-state index contributed by atoms with van der Waals surface area (Å²) in [6.07, 6.45) is -1.43. The van der Waals surface area contributed by atoms with Gasteiger partial charge in [-0.25, -0.2) is 4.98 Å². The number of nitrogens with zero attached hydrogens (tertiary/aromatic N) is 2. The van der Waals surface area contributed by atoms with Crippen molar-refractivity contribution in [3.8, 4) is 17.0 Å². The van der Waals surface area contributed by atoms with E-state index in [-0.39, 0.29) is 5.69 Å². The molecule has 2 aromatic carbocycles. The first-order chi connectivity index (χ1) is 15.8. The van der Waals surface area contributed by atoms with Crippen LogP contribution in [0.1, 0.15) is 15.9 Å². The molecule has 2 N–H and O–H groups in total. The number of ether oxygens (including phenoxy) is 1. The van der Waals surface area contributed by atoms with E-state index >= 15 is 0 Å². The maximum Gasteiger partial charge on any atom is 0.573 e. The van der Waals surface area contributed by atoms with Crippen LogP contribution < -0.4 is 15.4 Å². The van der Waals surface area contributed by atoms with Crippen LogP contribution in [0, 0.1) is 6.92 Å². The van der Waals surface area contributed by atoms with Crippen molar-refractivity contribution in [1.29, 1.82) is 0 Å². The van der Waals surface area contributed by atoms with Crippen molar-refractivity contribution in [1.82, 2.24) is 9.97 Å². The Morgan fingerprint density at radius 2 is 1.85 bits per heavy atom. The van der Waals surface area contributed by atoms with Gasteiger partial charge in [-0.2, -0.15) is 0 Å². The molecule has 0 atom stereocenters. The third-order valence-corrected chi connectivity index (χ3v) is 5.30. The molecule has 4 rings (SSSR count). The van der Waals surface area contributed by atoms with Gasteiger partial charge in [0.25, 0.3) is 5.91 Å². The summed E-state index contributed by atoms with van der Waals surface area (Å²) in [5.41, 5.74) is 3.84. The summed E-state index contributed by atoms with van der Waals surface area (Å²) < 4.78 is 41.2. The lowest BCUT2D eigenvalue weighted by atomic mass is 10.1. The van der Waals surface area contributed by atoms with Gasteiger partial charge in [0.15, 0.2) is 5.13 Å². The van der Waals surface area contributed by atoms with Crippen molar-refractivity contribution in [2.24, 2.45) is 0 Å². The average Bonchev–Trinajstić information content (AvgIpc) is 3.23. The highest BCUT2D eigenvalue weighted by atomic mass is 32.1. The first-order valence-corrected chi connectivity index (χ1v) is 10.6. The number of aromatic nitrogens is 2. The van der Waals surface area contributed by atoms with Gasteiger partial charge < -0.3 is 15.4 Å². The molecule has 0 aliphatic rings. The number of thiazole rings is 1. The topological polar surface area (TPSA) is 76.1 Å². The van der Waals surface area contributed by atoms with Gasteiger partial charge in [0.1, 0.15) is 5.75 Å². The zero-order chi connectivity index (χ0) is 23.4. The number of benzene rings is 2. The maximum absolute atomic E-state index is 12.7. The monoisotopic (exact) mass is 470 g/mol. The number of carbonyl (C=O) groups is 1. The lowest BCUT2D eigenvalue weighted by Gasteiger charge is -2.12. The fraction of sp³-hybridized carbons (Fsp3) is 0.0870. The van der Waals surface area contributed by atoms with E-state index in [4.69, 9.17) is 0 Å². The van der Waals surface area contributed by atoms with Gasteiger partial charge in [-0.3, -0.25) is 9.78 Å². The van der Waals surface area contributed by atoms with Crippen LogP contribution in [-0.2, 0) is 0 Å². The van der Waals surface area contributed by atoms with Gasteiger partial charge >= 0.3 is 6.36 Å². The Bertz CT molecular complexity index is 1280. The molecule has 33 heavy (non-hydrogen) atoms. The Labute approximate surface area is 191 Å². The molecule has 0 saturated heterocycles. The van der Waals surface area contributed by atoms with E-state index in [1.165, 1.54) is 23.5 Å². The highest BCUT2D eigenvalue weighted by Crippen LogP contribution is 2.29. The van der Waals surface area contributed by atoms with E-state index < -0.39 is 18.0 Å². The number of halogens is 3. The molecule has 6 nitrogen and oxygen atoms in total.